The largest absolute Gasteiger partial charge is 0.483 e. The van der Waals surface area contributed by atoms with Crippen molar-refractivity contribution in [3.8, 4) is 16.9 Å². The fourth-order valence-corrected chi connectivity index (χ4v) is 3.71. The van der Waals surface area contributed by atoms with Crippen molar-refractivity contribution in [1.29, 1.82) is 0 Å². The fraction of sp³-hybridized carbons (Fsp3) is 0.138. The molecule has 0 heterocycles. The Balaban J connectivity index is 1.33. The van der Waals surface area contributed by atoms with Crippen LogP contribution in [0.5, 0.6) is 5.75 Å². The molecule has 1 N–H and O–H groups in total. The lowest BCUT2D eigenvalue weighted by Crippen LogP contribution is -2.31. The highest BCUT2D eigenvalue weighted by Crippen LogP contribution is 2.23. The molecule has 0 aromatic heterocycles. The summed E-state index contributed by atoms with van der Waals surface area (Å²) in [7, 11) is 0. The van der Waals surface area contributed by atoms with Gasteiger partial charge in [0.1, 0.15) is 5.75 Å². The van der Waals surface area contributed by atoms with Crippen molar-refractivity contribution >= 4 is 5.91 Å². The highest BCUT2D eigenvalue weighted by atomic mass is 16.5. The molecule has 0 fully saturated rings. The van der Waals surface area contributed by atoms with Crippen molar-refractivity contribution in [3.05, 3.63) is 126 Å². The monoisotopic (exact) mass is 421 g/mol. The first-order valence-electron chi connectivity index (χ1n) is 10.9. The molecule has 0 saturated heterocycles. The molecular formula is C29H27NO2. The Morgan fingerprint density at radius 1 is 0.750 bits per heavy atom. The molecule has 160 valence electrons. The summed E-state index contributed by atoms with van der Waals surface area (Å²) in [5.41, 5.74) is 5.67. The van der Waals surface area contributed by atoms with Crippen LogP contribution in [0.1, 0.15) is 29.7 Å². The van der Waals surface area contributed by atoms with Gasteiger partial charge in [-0.05, 0) is 40.8 Å². The molecule has 0 aliphatic rings. The Kier molecular flexibility index (Phi) is 6.98. The molecule has 0 spiro atoms. The van der Waals surface area contributed by atoms with E-state index in [4.69, 9.17) is 4.74 Å². The smallest absolute Gasteiger partial charge is 0.258 e. The van der Waals surface area contributed by atoms with E-state index in [1.54, 1.807) is 0 Å². The lowest BCUT2D eigenvalue weighted by atomic mass is 10.0. The molecule has 1 atom stereocenters. The van der Waals surface area contributed by atoms with Crippen LogP contribution in [0.3, 0.4) is 0 Å². The summed E-state index contributed by atoms with van der Waals surface area (Å²) in [6.45, 7) is 1.97. The summed E-state index contributed by atoms with van der Waals surface area (Å²) < 4.78 is 5.87. The maximum absolute atomic E-state index is 12.5. The van der Waals surface area contributed by atoms with E-state index in [9.17, 15) is 4.79 Å². The number of rotatable bonds is 8. The first-order chi connectivity index (χ1) is 15.7. The molecule has 32 heavy (non-hydrogen) atoms. The van der Waals surface area contributed by atoms with Crippen molar-refractivity contribution in [2.75, 3.05) is 6.61 Å². The number of ether oxygens (including phenoxy) is 1. The first kappa shape index (κ1) is 21.4. The number of hydrogen-bond acceptors (Lipinski definition) is 2. The maximum Gasteiger partial charge on any atom is 0.258 e. The van der Waals surface area contributed by atoms with Crippen molar-refractivity contribution < 1.29 is 9.53 Å². The lowest BCUT2D eigenvalue weighted by Gasteiger charge is -2.16. The molecule has 4 rings (SSSR count). The minimum absolute atomic E-state index is 0.0156. The van der Waals surface area contributed by atoms with Gasteiger partial charge < -0.3 is 10.1 Å². The van der Waals surface area contributed by atoms with Gasteiger partial charge in [0.05, 0.1) is 6.04 Å². The van der Waals surface area contributed by atoms with Gasteiger partial charge in [-0.1, -0.05) is 103 Å². The normalized spacial score (nSPS) is 11.5. The lowest BCUT2D eigenvalue weighted by molar-refractivity contribution is -0.123. The van der Waals surface area contributed by atoms with Gasteiger partial charge >= 0.3 is 0 Å². The molecule has 0 aliphatic carbocycles. The summed E-state index contributed by atoms with van der Waals surface area (Å²) in [6.07, 6.45) is 0.767. The number of carbonyl (C=O) groups is 1. The summed E-state index contributed by atoms with van der Waals surface area (Å²) in [5, 5.41) is 3.03. The highest BCUT2D eigenvalue weighted by Gasteiger charge is 2.12. The van der Waals surface area contributed by atoms with Crippen molar-refractivity contribution in [3.63, 3.8) is 0 Å². The van der Waals surface area contributed by atoms with Crippen LogP contribution in [0, 0.1) is 0 Å². The minimum Gasteiger partial charge on any atom is -0.483 e. The Hall–Kier alpha value is -3.85. The number of nitrogens with one attached hydrogen (secondary N) is 1. The predicted octanol–water partition coefficient (Wildman–Crippen LogP) is 6.20. The topological polar surface area (TPSA) is 38.3 Å². The maximum atomic E-state index is 12.5. The number of amides is 1. The van der Waals surface area contributed by atoms with E-state index in [1.165, 1.54) is 11.1 Å². The second kappa shape index (κ2) is 10.5. The van der Waals surface area contributed by atoms with Crippen LogP contribution in [-0.2, 0) is 11.2 Å². The third kappa shape index (κ3) is 5.64. The summed E-state index contributed by atoms with van der Waals surface area (Å²) in [4.78, 5) is 12.5. The van der Waals surface area contributed by atoms with Gasteiger partial charge in [0, 0.05) is 6.42 Å². The van der Waals surface area contributed by atoms with Gasteiger partial charge in [0.2, 0.25) is 0 Å². The van der Waals surface area contributed by atoms with Crippen LogP contribution in [0.2, 0.25) is 0 Å². The van der Waals surface area contributed by atoms with E-state index < -0.39 is 0 Å². The fourth-order valence-electron chi connectivity index (χ4n) is 3.71. The minimum atomic E-state index is -0.140. The van der Waals surface area contributed by atoms with E-state index in [-0.39, 0.29) is 18.6 Å². The van der Waals surface area contributed by atoms with E-state index >= 15 is 0 Å². The van der Waals surface area contributed by atoms with Gasteiger partial charge in [0.25, 0.3) is 5.91 Å². The molecule has 0 saturated carbocycles. The zero-order valence-corrected chi connectivity index (χ0v) is 18.2. The quantitative estimate of drug-likeness (QED) is 0.368. The van der Waals surface area contributed by atoms with Crippen LogP contribution in [0.4, 0.5) is 0 Å². The molecule has 1 amide bonds. The number of hydrogen-bond donors (Lipinski definition) is 1. The molecule has 0 bridgehead atoms. The third-order valence-corrected chi connectivity index (χ3v) is 5.46. The molecule has 0 unspecified atom stereocenters. The van der Waals surface area contributed by atoms with Gasteiger partial charge in [-0.25, -0.2) is 0 Å². The van der Waals surface area contributed by atoms with Crippen LogP contribution >= 0.6 is 0 Å². The second-order valence-corrected chi connectivity index (χ2v) is 7.84. The van der Waals surface area contributed by atoms with Crippen LogP contribution in [-0.4, -0.2) is 12.5 Å². The first-order valence-corrected chi connectivity index (χ1v) is 10.9. The summed E-state index contributed by atoms with van der Waals surface area (Å²) in [6, 6.07) is 36.6. The molecule has 3 nitrogen and oxygen atoms in total. The van der Waals surface area contributed by atoms with Crippen molar-refractivity contribution in [2.24, 2.45) is 0 Å². The van der Waals surface area contributed by atoms with Gasteiger partial charge in [-0.15, -0.1) is 0 Å². The van der Waals surface area contributed by atoms with Gasteiger partial charge in [-0.2, -0.15) is 0 Å². The van der Waals surface area contributed by atoms with E-state index in [2.05, 4.69) is 53.8 Å². The van der Waals surface area contributed by atoms with Crippen LogP contribution in [0.15, 0.2) is 109 Å². The predicted molar refractivity (Wildman–Crippen MR) is 130 cm³/mol. The Morgan fingerprint density at radius 3 is 2.06 bits per heavy atom. The standard InChI is InChI=1S/C29H27NO2/c1-22(24-16-18-26(19-17-24)25-12-6-3-7-13-25)30-29(31)21-32-28-15-9-8-14-27(28)20-23-10-4-2-5-11-23/h2-19,22H,20-21H2,1H3,(H,30,31)/t22-/m1/s1. The van der Waals surface area contributed by atoms with E-state index in [0.29, 0.717) is 0 Å². The SMILES string of the molecule is C[C@@H](NC(=O)COc1ccccc1Cc1ccccc1)c1ccc(-c2ccccc2)cc1. The summed E-state index contributed by atoms with van der Waals surface area (Å²) >= 11 is 0. The van der Waals surface area contributed by atoms with E-state index in [0.717, 1.165) is 28.9 Å². The van der Waals surface area contributed by atoms with Gasteiger partial charge in [-0.3, -0.25) is 4.79 Å². The summed E-state index contributed by atoms with van der Waals surface area (Å²) in [5.74, 6) is 0.602. The molecule has 0 aliphatic heterocycles. The Bertz CT molecular complexity index is 1140. The molecule has 4 aromatic carbocycles. The number of para-hydroxylation sites is 1. The zero-order valence-electron chi connectivity index (χ0n) is 18.2. The van der Waals surface area contributed by atoms with Gasteiger partial charge in [0.15, 0.2) is 6.61 Å². The second-order valence-electron chi connectivity index (χ2n) is 7.84. The Morgan fingerprint density at radius 2 is 1.34 bits per heavy atom. The molecular weight excluding hydrogens is 394 g/mol. The Labute approximate surface area is 189 Å². The average molecular weight is 422 g/mol. The zero-order chi connectivity index (χ0) is 22.2. The third-order valence-electron chi connectivity index (χ3n) is 5.46. The van der Waals surface area contributed by atoms with E-state index in [1.807, 2.05) is 67.6 Å². The molecule has 3 heteroatoms. The van der Waals surface area contributed by atoms with Crippen LogP contribution < -0.4 is 10.1 Å². The number of carbonyl (C=O) groups excluding carboxylic acids is 1. The van der Waals surface area contributed by atoms with Crippen molar-refractivity contribution in [2.45, 2.75) is 19.4 Å². The number of benzene rings is 4. The molecule has 4 aromatic rings. The van der Waals surface area contributed by atoms with Crippen LogP contribution in [0.25, 0.3) is 11.1 Å². The highest BCUT2D eigenvalue weighted by molar-refractivity contribution is 5.78. The average Bonchev–Trinajstić information content (AvgIpc) is 2.85. The molecule has 0 radical (unpaired) electrons. The van der Waals surface area contributed by atoms with Crippen molar-refractivity contribution in [1.82, 2.24) is 5.32 Å².